The van der Waals surface area contributed by atoms with Gasteiger partial charge in [-0.15, -0.1) is 24.8 Å². The lowest BCUT2D eigenvalue weighted by Gasteiger charge is -2.32. The minimum atomic E-state index is 0. The Morgan fingerprint density at radius 3 is 2.71 bits per heavy atom. The molecule has 0 spiro atoms. The number of piperidine rings is 1. The molecule has 2 fully saturated rings. The predicted molar refractivity (Wildman–Crippen MR) is 103 cm³/mol. The molecule has 1 amide bonds. The fraction of sp³-hybridized carbons (Fsp3) is 0.611. The Morgan fingerprint density at radius 1 is 1.25 bits per heavy atom. The van der Waals surface area contributed by atoms with Gasteiger partial charge < -0.3 is 10.6 Å². The molecule has 3 atom stereocenters. The second kappa shape index (κ2) is 10.2. The molecule has 1 aromatic rings. The second-order valence-corrected chi connectivity index (χ2v) is 6.70. The first-order valence-electron chi connectivity index (χ1n) is 8.53. The molecule has 3 rings (SSSR count). The van der Waals surface area contributed by atoms with Crippen molar-refractivity contribution in [1.82, 2.24) is 15.5 Å². The van der Waals surface area contributed by atoms with E-state index < -0.39 is 0 Å². The van der Waals surface area contributed by atoms with Crippen LogP contribution >= 0.6 is 24.8 Å². The van der Waals surface area contributed by atoms with Crippen molar-refractivity contribution in [3.63, 3.8) is 0 Å². The lowest BCUT2D eigenvalue weighted by molar-refractivity contribution is -0.126. The lowest BCUT2D eigenvalue weighted by Crippen LogP contribution is -2.52. The summed E-state index contributed by atoms with van der Waals surface area (Å²) < 4.78 is 0. The monoisotopic (exact) mass is 373 g/mol. The van der Waals surface area contributed by atoms with Crippen LogP contribution in [0.15, 0.2) is 30.3 Å². The van der Waals surface area contributed by atoms with Crippen LogP contribution in [0.3, 0.4) is 0 Å². The minimum Gasteiger partial charge on any atom is -0.352 e. The van der Waals surface area contributed by atoms with Crippen LogP contribution in [0.1, 0.15) is 31.7 Å². The first-order valence-corrected chi connectivity index (χ1v) is 8.53. The Bertz CT molecular complexity index is 500. The smallest absolute Gasteiger partial charge is 0.237 e. The molecule has 0 radical (unpaired) electrons. The maximum atomic E-state index is 12.7. The van der Waals surface area contributed by atoms with Crippen molar-refractivity contribution in [1.29, 1.82) is 0 Å². The molecule has 3 unspecified atom stereocenters. The van der Waals surface area contributed by atoms with Gasteiger partial charge in [0.2, 0.25) is 5.91 Å². The second-order valence-electron chi connectivity index (χ2n) is 6.70. The van der Waals surface area contributed by atoms with E-state index in [4.69, 9.17) is 0 Å². The molecule has 2 N–H and O–H groups in total. The van der Waals surface area contributed by atoms with Gasteiger partial charge in [-0.1, -0.05) is 37.3 Å². The van der Waals surface area contributed by atoms with E-state index >= 15 is 0 Å². The summed E-state index contributed by atoms with van der Waals surface area (Å²) in [5.41, 5.74) is 1.29. The Morgan fingerprint density at radius 2 is 2.00 bits per heavy atom. The first-order chi connectivity index (χ1) is 10.7. The van der Waals surface area contributed by atoms with E-state index in [2.05, 4.69) is 46.7 Å². The molecule has 4 nitrogen and oxygen atoms in total. The summed E-state index contributed by atoms with van der Waals surface area (Å²) in [5.74, 6) is 0.744. The molecule has 0 saturated carbocycles. The van der Waals surface area contributed by atoms with Gasteiger partial charge in [0, 0.05) is 12.6 Å². The Labute approximate surface area is 157 Å². The standard InChI is InChI=1S/C18H27N3O.2ClH/c1-14-12-19-10-9-16(14)20-18(22)17-8-5-11-21(17)13-15-6-3-2-4-7-15;;/h2-4,6-7,14,16-17,19H,5,8-13H2,1H3,(H,20,22);2*1H. The molecule has 2 aliphatic rings. The largest absolute Gasteiger partial charge is 0.352 e. The lowest BCUT2D eigenvalue weighted by atomic mass is 9.95. The van der Waals surface area contributed by atoms with Gasteiger partial charge in [-0.2, -0.15) is 0 Å². The van der Waals surface area contributed by atoms with E-state index in [0.29, 0.717) is 12.0 Å². The summed E-state index contributed by atoms with van der Waals surface area (Å²) in [6.07, 6.45) is 3.14. The zero-order valence-electron chi connectivity index (χ0n) is 14.2. The number of hydrogen-bond donors (Lipinski definition) is 2. The van der Waals surface area contributed by atoms with E-state index in [1.807, 2.05) is 6.07 Å². The summed E-state index contributed by atoms with van der Waals surface area (Å²) in [6, 6.07) is 10.8. The van der Waals surface area contributed by atoms with Crippen LogP contribution < -0.4 is 10.6 Å². The molecule has 0 bridgehead atoms. The normalized spacial score (nSPS) is 27.0. The average molecular weight is 374 g/mol. The van der Waals surface area contributed by atoms with Crippen LogP contribution in [0.2, 0.25) is 0 Å². The minimum absolute atomic E-state index is 0. The van der Waals surface area contributed by atoms with Crippen LogP contribution in [0.25, 0.3) is 0 Å². The van der Waals surface area contributed by atoms with Gasteiger partial charge in [0.25, 0.3) is 0 Å². The first kappa shape index (κ1) is 21.2. The highest BCUT2D eigenvalue weighted by Crippen LogP contribution is 2.21. The molecule has 2 heterocycles. The molecule has 136 valence electrons. The summed E-state index contributed by atoms with van der Waals surface area (Å²) >= 11 is 0. The maximum absolute atomic E-state index is 12.7. The zero-order chi connectivity index (χ0) is 15.4. The molecule has 2 aliphatic heterocycles. The van der Waals surface area contributed by atoms with Gasteiger partial charge in [-0.05, 0) is 50.4 Å². The van der Waals surface area contributed by atoms with Crippen LogP contribution in [-0.4, -0.2) is 42.5 Å². The predicted octanol–water partition coefficient (Wildman–Crippen LogP) is 2.61. The van der Waals surface area contributed by atoms with Gasteiger partial charge >= 0.3 is 0 Å². The van der Waals surface area contributed by atoms with Crippen molar-refractivity contribution in [3.05, 3.63) is 35.9 Å². The van der Waals surface area contributed by atoms with E-state index in [9.17, 15) is 4.79 Å². The van der Waals surface area contributed by atoms with Gasteiger partial charge in [0.1, 0.15) is 0 Å². The van der Waals surface area contributed by atoms with E-state index in [0.717, 1.165) is 45.4 Å². The molecule has 0 aromatic heterocycles. The summed E-state index contributed by atoms with van der Waals surface area (Å²) in [7, 11) is 0. The van der Waals surface area contributed by atoms with E-state index in [-0.39, 0.29) is 36.8 Å². The number of rotatable bonds is 4. The maximum Gasteiger partial charge on any atom is 0.237 e. The summed E-state index contributed by atoms with van der Waals surface area (Å²) in [6.45, 7) is 6.12. The van der Waals surface area contributed by atoms with Crippen LogP contribution in [0.4, 0.5) is 0 Å². The van der Waals surface area contributed by atoms with Gasteiger partial charge in [0.15, 0.2) is 0 Å². The third-order valence-electron chi connectivity index (χ3n) is 5.01. The third-order valence-corrected chi connectivity index (χ3v) is 5.01. The number of carbonyl (C=O) groups is 1. The topological polar surface area (TPSA) is 44.4 Å². The van der Waals surface area contributed by atoms with E-state index in [1.165, 1.54) is 5.56 Å². The van der Waals surface area contributed by atoms with Crippen molar-refractivity contribution >= 4 is 30.7 Å². The number of nitrogens with zero attached hydrogens (tertiary/aromatic N) is 1. The molecular weight excluding hydrogens is 345 g/mol. The molecule has 0 aliphatic carbocycles. The van der Waals surface area contributed by atoms with Crippen molar-refractivity contribution in [2.75, 3.05) is 19.6 Å². The Hall–Kier alpha value is -0.810. The van der Waals surface area contributed by atoms with Gasteiger partial charge in [-0.3, -0.25) is 9.69 Å². The number of carbonyl (C=O) groups excluding carboxylic acids is 1. The quantitative estimate of drug-likeness (QED) is 0.852. The van der Waals surface area contributed by atoms with Crippen LogP contribution in [-0.2, 0) is 11.3 Å². The number of hydrogen-bond acceptors (Lipinski definition) is 3. The highest BCUT2D eigenvalue weighted by Gasteiger charge is 2.33. The van der Waals surface area contributed by atoms with Gasteiger partial charge in [0.05, 0.1) is 6.04 Å². The number of benzene rings is 1. The zero-order valence-corrected chi connectivity index (χ0v) is 15.9. The van der Waals surface area contributed by atoms with Crippen molar-refractivity contribution in [2.24, 2.45) is 5.92 Å². The highest BCUT2D eigenvalue weighted by molar-refractivity contribution is 5.85. The molecular formula is C18H29Cl2N3O. The fourth-order valence-electron chi connectivity index (χ4n) is 3.64. The molecule has 2 saturated heterocycles. The SMILES string of the molecule is CC1CNCCC1NC(=O)C1CCCN1Cc1ccccc1.Cl.Cl. The van der Waals surface area contributed by atoms with Crippen LogP contribution in [0, 0.1) is 5.92 Å². The Balaban J connectivity index is 0.00000144. The number of amides is 1. The Kier molecular flexibility index (Phi) is 9.06. The van der Waals surface area contributed by atoms with Crippen molar-refractivity contribution < 1.29 is 4.79 Å². The van der Waals surface area contributed by atoms with Crippen molar-refractivity contribution in [3.8, 4) is 0 Å². The number of halogens is 2. The number of likely N-dealkylation sites (tertiary alicyclic amines) is 1. The van der Waals surface area contributed by atoms with Crippen molar-refractivity contribution in [2.45, 2.75) is 44.8 Å². The highest BCUT2D eigenvalue weighted by atomic mass is 35.5. The van der Waals surface area contributed by atoms with Gasteiger partial charge in [-0.25, -0.2) is 0 Å². The van der Waals surface area contributed by atoms with Crippen LogP contribution in [0.5, 0.6) is 0 Å². The summed E-state index contributed by atoms with van der Waals surface area (Å²) in [5, 5.41) is 6.69. The molecule has 1 aromatic carbocycles. The average Bonchev–Trinajstić information content (AvgIpc) is 2.99. The third kappa shape index (κ3) is 5.35. The molecule has 6 heteroatoms. The number of nitrogens with one attached hydrogen (secondary N) is 2. The fourth-order valence-corrected chi connectivity index (χ4v) is 3.64. The van der Waals surface area contributed by atoms with E-state index in [1.54, 1.807) is 0 Å². The molecule has 24 heavy (non-hydrogen) atoms. The summed E-state index contributed by atoms with van der Waals surface area (Å²) in [4.78, 5) is 15.0.